The number of phenols is 2. The summed E-state index contributed by atoms with van der Waals surface area (Å²) in [6.45, 7) is 0. The van der Waals surface area contributed by atoms with E-state index in [0.717, 1.165) is 36.8 Å². The third-order valence-electron chi connectivity index (χ3n) is 4.87. The Kier molecular flexibility index (Phi) is 3.61. The maximum absolute atomic E-state index is 10.00. The summed E-state index contributed by atoms with van der Waals surface area (Å²) in [6.07, 6.45) is 5.43. The molecule has 0 unspecified atom stereocenters. The number of anilines is 2. The summed E-state index contributed by atoms with van der Waals surface area (Å²) < 4.78 is 0. The highest BCUT2D eigenvalue weighted by Crippen LogP contribution is 2.47. The monoisotopic (exact) mass is 298 g/mol. The number of nitrogen functional groups attached to an aromatic ring is 2. The molecule has 3 rings (SSSR count). The summed E-state index contributed by atoms with van der Waals surface area (Å²) in [5, 5.41) is 20.0. The van der Waals surface area contributed by atoms with E-state index in [2.05, 4.69) is 0 Å². The van der Waals surface area contributed by atoms with Gasteiger partial charge in [-0.1, -0.05) is 31.4 Å². The Labute approximate surface area is 130 Å². The lowest BCUT2D eigenvalue weighted by Crippen LogP contribution is -2.30. The number of rotatable bonds is 2. The van der Waals surface area contributed by atoms with E-state index in [0.29, 0.717) is 11.4 Å². The maximum Gasteiger partial charge on any atom is 0.138 e. The molecule has 6 N–H and O–H groups in total. The van der Waals surface area contributed by atoms with Crippen LogP contribution in [0.4, 0.5) is 11.4 Å². The largest absolute Gasteiger partial charge is 0.506 e. The Balaban J connectivity index is 2.15. The molecule has 0 aliphatic heterocycles. The molecule has 0 radical (unpaired) electrons. The molecule has 4 nitrogen and oxygen atoms in total. The maximum atomic E-state index is 10.00. The highest BCUT2D eigenvalue weighted by Gasteiger charge is 2.36. The van der Waals surface area contributed by atoms with E-state index in [1.165, 1.54) is 6.42 Å². The highest BCUT2D eigenvalue weighted by atomic mass is 16.3. The van der Waals surface area contributed by atoms with E-state index in [1.54, 1.807) is 24.3 Å². The van der Waals surface area contributed by atoms with Crippen LogP contribution in [0.15, 0.2) is 36.4 Å². The van der Waals surface area contributed by atoms with Crippen LogP contribution >= 0.6 is 0 Å². The molecule has 1 fully saturated rings. The molecule has 22 heavy (non-hydrogen) atoms. The van der Waals surface area contributed by atoms with Gasteiger partial charge in [0.05, 0.1) is 11.4 Å². The lowest BCUT2D eigenvalue weighted by Gasteiger charge is -2.39. The van der Waals surface area contributed by atoms with Crippen molar-refractivity contribution in [2.45, 2.75) is 37.5 Å². The molecular weight excluding hydrogens is 276 g/mol. The van der Waals surface area contributed by atoms with Crippen LogP contribution in [-0.2, 0) is 5.41 Å². The third kappa shape index (κ3) is 2.34. The number of benzene rings is 2. The average molecular weight is 298 g/mol. The van der Waals surface area contributed by atoms with Crippen molar-refractivity contribution in [1.29, 1.82) is 0 Å². The molecule has 0 saturated heterocycles. The van der Waals surface area contributed by atoms with Crippen LogP contribution in [0.3, 0.4) is 0 Å². The number of nitrogens with two attached hydrogens (primary N) is 2. The molecule has 4 heteroatoms. The number of aromatic hydroxyl groups is 2. The summed E-state index contributed by atoms with van der Waals surface area (Å²) in [6, 6.07) is 11.0. The van der Waals surface area contributed by atoms with Gasteiger partial charge in [-0.2, -0.15) is 0 Å². The molecule has 0 heterocycles. The third-order valence-corrected chi connectivity index (χ3v) is 4.87. The fourth-order valence-electron chi connectivity index (χ4n) is 3.58. The minimum Gasteiger partial charge on any atom is -0.506 e. The van der Waals surface area contributed by atoms with Crippen LogP contribution in [0, 0.1) is 0 Å². The minimum absolute atomic E-state index is 0.113. The summed E-state index contributed by atoms with van der Waals surface area (Å²) in [5.41, 5.74) is 14.1. The van der Waals surface area contributed by atoms with E-state index in [-0.39, 0.29) is 16.9 Å². The fourth-order valence-corrected chi connectivity index (χ4v) is 3.58. The van der Waals surface area contributed by atoms with Gasteiger partial charge < -0.3 is 21.7 Å². The zero-order valence-electron chi connectivity index (χ0n) is 12.5. The van der Waals surface area contributed by atoms with Crippen molar-refractivity contribution in [1.82, 2.24) is 0 Å². The van der Waals surface area contributed by atoms with Gasteiger partial charge in [-0.05, 0) is 48.2 Å². The molecule has 0 aromatic heterocycles. The number of phenolic OH excluding ortho intramolecular Hbond substituents is 2. The summed E-state index contributed by atoms with van der Waals surface area (Å²) in [4.78, 5) is 0. The van der Waals surface area contributed by atoms with Gasteiger partial charge >= 0.3 is 0 Å². The van der Waals surface area contributed by atoms with Gasteiger partial charge in [0.25, 0.3) is 0 Å². The molecular formula is C18H22N2O2. The van der Waals surface area contributed by atoms with E-state index < -0.39 is 0 Å². The molecule has 0 spiro atoms. The second kappa shape index (κ2) is 5.44. The summed E-state index contributed by atoms with van der Waals surface area (Å²) in [7, 11) is 0. The Morgan fingerprint density at radius 1 is 0.727 bits per heavy atom. The first-order valence-electron chi connectivity index (χ1n) is 7.71. The molecule has 0 atom stereocenters. The highest BCUT2D eigenvalue weighted by molar-refractivity contribution is 5.59. The SMILES string of the molecule is Nc1ccc(C2(c3ccc(N)c(O)c3)CCCCC2)cc1O. The van der Waals surface area contributed by atoms with Crippen LogP contribution in [0.2, 0.25) is 0 Å². The van der Waals surface area contributed by atoms with Gasteiger partial charge in [-0.15, -0.1) is 0 Å². The second-order valence-corrected chi connectivity index (χ2v) is 6.19. The molecule has 1 aliphatic rings. The Morgan fingerprint density at radius 2 is 1.18 bits per heavy atom. The van der Waals surface area contributed by atoms with Crippen LogP contribution in [-0.4, -0.2) is 10.2 Å². The van der Waals surface area contributed by atoms with Crippen molar-refractivity contribution < 1.29 is 10.2 Å². The predicted octanol–water partition coefficient (Wildman–Crippen LogP) is 3.51. The van der Waals surface area contributed by atoms with E-state index >= 15 is 0 Å². The van der Waals surface area contributed by atoms with E-state index in [4.69, 9.17) is 11.5 Å². The van der Waals surface area contributed by atoms with Crippen LogP contribution in [0.25, 0.3) is 0 Å². The lowest BCUT2D eigenvalue weighted by molar-refractivity contribution is 0.343. The van der Waals surface area contributed by atoms with Crippen molar-refractivity contribution in [3.05, 3.63) is 47.5 Å². The molecule has 2 aromatic carbocycles. The van der Waals surface area contributed by atoms with Gasteiger partial charge in [0.1, 0.15) is 11.5 Å². The van der Waals surface area contributed by atoms with Gasteiger partial charge in [0, 0.05) is 5.41 Å². The van der Waals surface area contributed by atoms with Crippen molar-refractivity contribution in [2.24, 2.45) is 0 Å². The first-order chi connectivity index (χ1) is 10.5. The zero-order chi connectivity index (χ0) is 15.7. The smallest absolute Gasteiger partial charge is 0.138 e. The molecule has 1 saturated carbocycles. The van der Waals surface area contributed by atoms with Crippen LogP contribution < -0.4 is 11.5 Å². The Morgan fingerprint density at radius 3 is 1.59 bits per heavy atom. The summed E-state index contributed by atoms with van der Waals surface area (Å²) in [5.74, 6) is 0.226. The van der Waals surface area contributed by atoms with E-state index in [9.17, 15) is 10.2 Å². The summed E-state index contributed by atoms with van der Waals surface area (Å²) >= 11 is 0. The Hall–Kier alpha value is -2.36. The number of hydrogen-bond acceptors (Lipinski definition) is 4. The molecule has 1 aliphatic carbocycles. The van der Waals surface area contributed by atoms with Crippen molar-refractivity contribution in [3.8, 4) is 11.5 Å². The molecule has 116 valence electrons. The minimum atomic E-state index is -0.200. The number of hydrogen-bond donors (Lipinski definition) is 4. The van der Waals surface area contributed by atoms with Gasteiger partial charge in [0.15, 0.2) is 0 Å². The second-order valence-electron chi connectivity index (χ2n) is 6.19. The van der Waals surface area contributed by atoms with Gasteiger partial charge in [-0.25, -0.2) is 0 Å². The normalized spacial score (nSPS) is 17.3. The quantitative estimate of drug-likeness (QED) is 0.504. The zero-order valence-corrected chi connectivity index (χ0v) is 12.5. The predicted molar refractivity (Wildman–Crippen MR) is 88.9 cm³/mol. The Bertz CT molecular complexity index is 638. The van der Waals surface area contributed by atoms with Gasteiger partial charge in [0.2, 0.25) is 0 Å². The van der Waals surface area contributed by atoms with Crippen molar-refractivity contribution in [3.63, 3.8) is 0 Å². The first kappa shape index (κ1) is 14.6. The van der Waals surface area contributed by atoms with Crippen molar-refractivity contribution >= 4 is 11.4 Å². The standard InChI is InChI=1S/C18H22N2O2/c19-14-6-4-12(10-16(14)21)18(8-2-1-3-9-18)13-5-7-15(20)17(22)11-13/h4-7,10-11,21-22H,1-3,8-9,19-20H2. The fraction of sp³-hybridized carbons (Fsp3) is 0.333. The van der Waals surface area contributed by atoms with Crippen molar-refractivity contribution in [2.75, 3.05) is 11.5 Å². The topological polar surface area (TPSA) is 92.5 Å². The average Bonchev–Trinajstić information content (AvgIpc) is 2.53. The molecule has 2 aromatic rings. The van der Waals surface area contributed by atoms with E-state index in [1.807, 2.05) is 12.1 Å². The van der Waals surface area contributed by atoms with Crippen LogP contribution in [0.5, 0.6) is 11.5 Å². The molecule has 0 amide bonds. The van der Waals surface area contributed by atoms with Crippen LogP contribution in [0.1, 0.15) is 43.2 Å². The molecule has 0 bridgehead atoms. The van der Waals surface area contributed by atoms with Gasteiger partial charge in [-0.3, -0.25) is 0 Å². The lowest BCUT2D eigenvalue weighted by atomic mass is 9.65. The first-order valence-corrected chi connectivity index (χ1v) is 7.71.